The molecule has 2 rings (SSSR count). The molecule has 0 unspecified atom stereocenters. The second-order valence-corrected chi connectivity index (χ2v) is 4.83. The summed E-state index contributed by atoms with van der Waals surface area (Å²) < 4.78 is 0. The Morgan fingerprint density at radius 1 is 1.28 bits per heavy atom. The number of hydrogen-bond donors (Lipinski definition) is 2. The van der Waals surface area contributed by atoms with Crippen LogP contribution in [0.25, 0.3) is 0 Å². The van der Waals surface area contributed by atoms with Crippen LogP contribution in [-0.2, 0) is 6.54 Å². The van der Waals surface area contributed by atoms with E-state index in [4.69, 9.17) is 5.11 Å². The molecule has 0 atom stereocenters. The van der Waals surface area contributed by atoms with Gasteiger partial charge in [0, 0.05) is 45.8 Å². The van der Waals surface area contributed by atoms with E-state index >= 15 is 0 Å². The topological polar surface area (TPSA) is 51.6 Å². The van der Waals surface area contributed by atoms with Crippen LogP contribution >= 0.6 is 0 Å². The first-order chi connectivity index (χ1) is 8.74. The van der Waals surface area contributed by atoms with Gasteiger partial charge in [0.25, 0.3) is 0 Å². The third kappa shape index (κ3) is 4.25. The Morgan fingerprint density at radius 2 is 2.06 bits per heavy atom. The molecule has 100 valence electrons. The van der Waals surface area contributed by atoms with E-state index in [0.717, 1.165) is 38.4 Å². The zero-order valence-corrected chi connectivity index (χ0v) is 11.0. The lowest BCUT2D eigenvalue weighted by molar-refractivity contribution is 0.154. The second-order valence-electron chi connectivity index (χ2n) is 4.83. The Labute approximate surface area is 108 Å². The van der Waals surface area contributed by atoms with Crippen molar-refractivity contribution in [1.82, 2.24) is 20.1 Å². The number of nitrogens with zero attached hydrogens (tertiary/aromatic N) is 3. The summed E-state index contributed by atoms with van der Waals surface area (Å²) in [7, 11) is 2.17. The molecule has 5 nitrogen and oxygen atoms in total. The zero-order valence-electron chi connectivity index (χ0n) is 11.0. The van der Waals surface area contributed by atoms with Gasteiger partial charge in [0.1, 0.15) is 5.75 Å². The SMILES string of the molecule is CN1CCN(CCNCc2ccc(O)cn2)CC1. The molecule has 1 saturated heterocycles. The monoisotopic (exact) mass is 250 g/mol. The van der Waals surface area contributed by atoms with Crippen LogP contribution in [0.5, 0.6) is 5.75 Å². The van der Waals surface area contributed by atoms with Crippen LogP contribution in [0.2, 0.25) is 0 Å². The molecule has 5 heteroatoms. The van der Waals surface area contributed by atoms with Gasteiger partial charge in [-0.2, -0.15) is 0 Å². The van der Waals surface area contributed by atoms with Gasteiger partial charge in [-0.15, -0.1) is 0 Å². The van der Waals surface area contributed by atoms with Gasteiger partial charge in [0.05, 0.1) is 11.9 Å². The summed E-state index contributed by atoms with van der Waals surface area (Å²) >= 11 is 0. The smallest absolute Gasteiger partial charge is 0.133 e. The van der Waals surface area contributed by atoms with Gasteiger partial charge in [-0.1, -0.05) is 0 Å². The van der Waals surface area contributed by atoms with Crippen molar-refractivity contribution in [2.75, 3.05) is 46.3 Å². The molecule has 1 fully saturated rings. The van der Waals surface area contributed by atoms with Crippen molar-refractivity contribution in [3.63, 3.8) is 0 Å². The standard InChI is InChI=1S/C13H22N4O/c1-16-6-8-17(9-7-16)5-4-14-10-12-2-3-13(18)11-15-12/h2-3,11,14,18H,4-10H2,1H3. The summed E-state index contributed by atoms with van der Waals surface area (Å²) in [6, 6.07) is 3.52. The van der Waals surface area contributed by atoms with Crippen LogP contribution < -0.4 is 5.32 Å². The molecular weight excluding hydrogens is 228 g/mol. The van der Waals surface area contributed by atoms with Crippen molar-refractivity contribution in [2.45, 2.75) is 6.54 Å². The lowest BCUT2D eigenvalue weighted by Gasteiger charge is -2.32. The number of likely N-dealkylation sites (N-methyl/N-ethyl adjacent to an activating group) is 1. The number of piperazine rings is 1. The average Bonchev–Trinajstić information content (AvgIpc) is 2.39. The first kappa shape index (κ1) is 13.3. The van der Waals surface area contributed by atoms with Crippen molar-refractivity contribution in [3.8, 4) is 5.75 Å². The van der Waals surface area contributed by atoms with E-state index in [-0.39, 0.29) is 5.75 Å². The van der Waals surface area contributed by atoms with Crippen molar-refractivity contribution in [3.05, 3.63) is 24.0 Å². The van der Waals surface area contributed by atoms with E-state index in [9.17, 15) is 0 Å². The molecule has 0 bridgehead atoms. The molecule has 1 aliphatic rings. The highest BCUT2D eigenvalue weighted by Crippen LogP contribution is 2.05. The zero-order chi connectivity index (χ0) is 12.8. The Balaban J connectivity index is 1.60. The van der Waals surface area contributed by atoms with Crippen LogP contribution in [0.3, 0.4) is 0 Å². The average molecular weight is 250 g/mol. The minimum absolute atomic E-state index is 0.219. The summed E-state index contributed by atoms with van der Waals surface area (Å²) in [5, 5.41) is 12.5. The lowest BCUT2D eigenvalue weighted by Crippen LogP contribution is -2.46. The Hall–Kier alpha value is -1.17. The molecule has 1 aromatic heterocycles. The molecule has 18 heavy (non-hydrogen) atoms. The summed E-state index contributed by atoms with van der Waals surface area (Å²) in [4.78, 5) is 8.99. The molecule has 2 heterocycles. The Bertz CT molecular complexity index is 347. The maximum atomic E-state index is 9.13. The normalized spacial score (nSPS) is 18.1. The van der Waals surface area contributed by atoms with Crippen molar-refractivity contribution in [2.24, 2.45) is 0 Å². The fraction of sp³-hybridized carbons (Fsp3) is 0.615. The number of hydrogen-bond acceptors (Lipinski definition) is 5. The van der Waals surface area contributed by atoms with Crippen molar-refractivity contribution >= 4 is 0 Å². The summed E-state index contributed by atoms with van der Waals surface area (Å²) in [5.74, 6) is 0.219. The molecule has 1 aliphatic heterocycles. The van der Waals surface area contributed by atoms with E-state index in [1.807, 2.05) is 6.07 Å². The third-order valence-electron chi connectivity index (χ3n) is 3.32. The summed E-state index contributed by atoms with van der Waals surface area (Å²) in [6.45, 7) is 7.48. The van der Waals surface area contributed by atoms with Crippen LogP contribution in [-0.4, -0.2) is 66.2 Å². The van der Waals surface area contributed by atoms with Crippen LogP contribution in [0.4, 0.5) is 0 Å². The molecule has 0 aliphatic carbocycles. The summed E-state index contributed by atoms with van der Waals surface area (Å²) in [5.41, 5.74) is 0.964. The van der Waals surface area contributed by atoms with Gasteiger partial charge in [0.15, 0.2) is 0 Å². The molecular formula is C13H22N4O. The van der Waals surface area contributed by atoms with Gasteiger partial charge < -0.3 is 15.3 Å². The molecule has 0 amide bonds. The van der Waals surface area contributed by atoms with Gasteiger partial charge in [-0.3, -0.25) is 9.88 Å². The molecule has 0 spiro atoms. The van der Waals surface area contributed by atoms with Gasteiger partial charge >= 0.3 is 0 Å². The summed E-state index contributed by atoms with van der Waals surface area (Å²) in [6.07, 6.45) is 1.48. The van der Waals surface area contributed by atoms with E-state index < -0.39 is 0 Å². The van der Waals surface area contributed by atoms with E-state index in [1.54, 1.807) is 6.07 Å². The first-order valence-corrected chi connectivity index (χ1v) is 6.49. The van der Waals surface area contributed by atoms with Crippen LogP contribution in [0, 0.1) is 0 Å². The van der Waals surface area contributed by atoms with E-state index in [1.165, 1.54) is 19.3 Å². The molecule has 0 saturated carbocycles. The predicted molar refractivity (Wildman–Crippen MR) is 71.5 cm³/mol. The van der Waals surface area contributed by atoms with Gasteiger partial charge in [0.2, 0.25) is 0 Å². The number of nitrogens with one attached hydrogen (secondary N) is 1. The van der Waals surface area contributed by atoms with Crippen LogP contribution in [0.15, 0.2) is 18.3 Å². The van der Waals surface area contributed by atoms with E-state index in [0.29, 0.717) is 0 Å². The highest BCUT2D eigenvalue weighted by molar-refractivity contribution is 5.17. The molecule has 2 N–H and O–H groups in total. The number of rotatable bonds is 5. The molecule has 0 aromatic carbocycles. The van der Waals surface area contributed by atoms with Crippen molar-refractivity contribution in [1.29, 1.82) is 0 Å². The highest BCUT2D eigenvalue weighted by Gasteiger charge is 2.12. The number of pyridine rings is 1. The van der Waals surface area contributed by atoms with Gasteiger partial charge in [-0.05, 0) is 19.2 Å². The van der Waals surface area contributed by atoms with E-state index in [2.05, 4.69) is 27.1 Å². The van der Waals surface area contributed by atoms with Crippen molar-refractivity contribution < 1.29 is 5.11 Å². The number of aromatic nitrogens is 1. The predicted octanol–water partition coefficient (Wildman–Crippen LogP) is 0.124. The quantitative estimate of drug-likeness (QED) is 0.727. The largest absolute Gasteiger partial charge is 0.506 e. The highest BCUT2D eigenvalue weighted by atomic mass is 16.3. The maximum Gasteiger partial charge on any atom is 0.133 e. The molecule has 1 aromatic rings. The minimum Gasteiger partial charge on any atom is -0.506 e. The van der Waals surface area contributed by atoms with Gasteiger partial charge in [-0.25, -0.2) is 0 Å². The van der Waals surface area contributed by atoms with Crippen LogP contribution in [0.1, 0.15) is 5.69 Å². The Kier molecular flexibility index (Phi) is 4.92. The second kappa shape index (κ2) is 6.68. The fourth-order valence-corrected chi connectivity index (χ4v) is 2.05. The number of aromatic hydroxyl groups is 1. The minimum atomic E-state index is 0.219. The fourth-order valence-electron chi connectivity index (χ4n) is 2.05. The maximum absolute atomic E-state index is 9.13. The third-order valence-corrected chi connectivity index (χ3v) is 3.32. The molecule has 0 radical (unpaired) electrons. The first-order valence-electron chi connectivity index (χ1n) is 6.49. The lowest BCUT2D eigenvalue weighted by atomic mass is 10.3. The Morgan fingerprint density at radius 3 is 2.72 bits per heavy atom.